The van der Waals surface area contributed by atoms with Gasteiger partial charge in [-0.1, -0.05) is 30.3 Å². The maximum atomic E-state index is 11.7. The number of carboxylic acids is 1. The van der Waals surface area contributed by atoms with E-state index in [1.165, 1.54) is 0 Å². The molecule has 0 aromatic heterocycles. The summed E-state index contributed by atoms with van der Waals surface area (Å²) in [5.41, 5.74) is 2.21. The zero-order chi connectivity index (χ0) is 14.5. The minimum atomic E-state index is -1.12. The van der Waals surface area contributed by atoms with Crippen LogP contribution in [0, 0.1) is 0 Å². The first-order chi connectivity index (χ1) is 9.60. The number of hydrogen-bond donors (Lipinski definition) is 1. The third-order valence-corrected chi connectivity index (χ3v) is 2.92. The van der Waals surface area contributed by atoms with Crippen LogP contribution in [-0.4, -0.2) is 24.0 Å². The molecule has 0 saturated heterocycles. The Hall–Kier alpha value is -2.62. The zero-order valence-electron chi connectivity index (χ0n) is 11.0. The van der Waals surface area contributed by atoms with E-state index in [0.29, 0.717) is 5.56 Å². The Labute approximate surface area is 116 Å². The number of carboxylic acid groups (broad SMARTS) is 1. The summed E-state index contributed by atoms with van der Waals surface area (Å²) in [4.78, 5) is 22.3. The number of carbonyl (C=O) groups is 2. The largest absolute Gasteiger partial charge is 0.497 e. The van der Waals surface area contributed by atoms with Crippen LogP contribution in [0.25, 0.3) is 11.1 Å². The molecule has 102 valence electrons. The SMILES string of the molecule is COc1ccc(-c2cccc(C(=O)CC(=O)O)c2)cc1. The molecule has 2 aromatic carbocycles. The number of ether oxygens (including phenoxy) is 1. The lowest BCUT2D eigenvalue weighted by Gasteiger charge is -2.05. The number of ketones is 1. The Morgan fingerprint density at radius 1 is 1.05 bits per heavy atom. The number of Topliss-reactive ketones (excluding diaryl/α,β-unsaturated/α-hetero) is 1. The second kappa shape index (κ2) is 6.02. The summed E-state index contributed by atoms with van der Waals surface area (Å²) in [6.07, 6.45) is -0.494. The van der Waals surface area contributed by atoms with Crippen LogP contribution in [0.5, 0.6) is 5.75 Å². The molecule has 0 aliphatic carbocycles. The molecule has 0 radical (unpaired) electrons. The molecule has 4 nitrogen and oxygen atoms in total. The van der Waals surface area contributed by atoms with Crippen molar-refractivity contribution in [1.29, 1.82) is 0 Å². The van der Waals surface area contributed by atoms with Gasteiger partial charge in [-0.05, 0) is 29.3 Å². The summed E-state index contributed by atoms with van der Waals surface area (Å²) in [5, 5.41) is 8.65. The molecule has 0 heterocycles. The summed E-state index contributed by atoms with van der Waals surface area (Å²) < 4.78 is 5.09. The van der Waals surface area contributed by atoms with Gasteiger partial charge in [0.05, 0.1) is 7.11 Å². The van der Waals surface area contributed by atoms with Crippen molar-refractivity contribution in [1.82, 2.24) is 0 Å². The molecule has 0 saturated carbocycles. The number of methoxy groups -OCH3 is 1. The molecule has 0 aliphatic rings. The Morgan fingerprint density at radius 3 is 2.35 bits per heavy atom. The van der Waals surface area contributed by atoms with Crippen molar-refractivity contribution < 1.29 is 19.4 Å². The van der Waals surface area contributed by atoms with E-state index in [1.54, 1.807) is 25.3 Å². The van der Waals surface area contributed by atoms with Crippen LogP contribution in [-0.2, 0) is 4.79 Å². The highest BCUT2D eigenvalue weighted by atomic mass is 16.5. The lowest BCUT2D eigenvalue weighted by atomic mass is 10.0. The molecule has 20 heavy (non-hydrogen) atoms. The first-order valence-corrected chi connectivity index (χ1v) is 6.09. The van der Waals surface area contributed by atoms with Crippen molar-refractivity contribution in [3.63, 3.8) is 0 Å². The molecular weight excluding hydrogens is 256 g/mol. The standard InChI is InChI=1S/C16H14O4/c1-20-14-7-5-11(6-8-14)12-3-2-4-13(9-12)15(17)10-16(18)19/h2-9H,10H2,1H3,(H,18,19). The average Bonchev–Trinajstić information content (AvgIpc) is 2.47. The summed E-state index contributed by atoms with van der Waals surface area (Å²) in [6.45, 7) is 0. The first-order valence-electron chi connectivity index (χ1n) is 6.09. The van der Waals surface area contributed by atoms with E-state index >= 15 is 0 Å². The maximum Gasteiger partial charge on any atom is 0.311 e. The number of carbonyl (C=O) groups excluding carboxylic acids is 1. The molecule has 1 N–H and O–H groups in total. The van der Waals surface area contributed by atoms with Crippen LogP contribution in [0.3, 0.4) is 0 Å². The molecule has 0 spiro atoms. The summed E-state index contributed by atoms with van der Waals surface area (Å²) in [6, 6.07) is 14.4. The van der Waals surface area contributed by atoms with Crippen LogP contribution in [0.4, 0.5) is 0 Å². The third kappa shape index (κ3) is 3.23. The fourth-order valence-corrected chi connectivity index (χ4v) is 1.90. The van der Waals surface area contributed by atoms with Crippen molar-refractivity contribution in [3.05, 3.63) is 54.1 Å². The first kappa shape index (κ1) is 13.8. The van der Waals surface area contributed by atoms with Crippen LogP contribution < -0.4 is 4.74 Å². The second-order valence-electron chi connectivity index (χ2n) is 4.30. The molecule has 0 aliphatic heterocycles. The van der Waals surface area contributed by atoms with Gasteiger partial charge in [-0.2, -0.15) is 0 Å². The highest BCUT2D eigenvalue weighted by molar-refractivity contribution is 6.06. The molecule has 0 atom stereocenters. The van der Waals surface area contributed by atoms with Crippen molar-refractivity contribution in [3.8, 4) is 16.9 Å². The monoisotopic (exact) mass is 270 g/mol. The normalized spacial score (nSPS) is 10.1. The number of benzene rings is 2. The number of hydrogen-bond acceptors (Lipinski definition) is 3. The molecule has 0 unspecified atom stereocenters. The predicted molar refractivity (Wildman–Crippen MR) is 75.0 cm³/mol. The predicted octanol–water partition coefficient (Wildman–Crippen LogP) is 3.02. The van der Waals surface area contributed by atoms with Crippen LogP contribution in [0.1, 0.15) is 16.8 Å². The Bertz CT molecular complexity index is 629. The topological polar surface area (TPSA) is 63.6 Å². The van der Waals surface area contributed by atoms with E-state index in [4.69, 9.17) is 9.84 Å². The molecule has 4 heteroatoms. The van der Waals surface area contributed by atoms with E-state index in [-0.39, 0.29) is 0 Å². The molecular formula is C16H14O4. The second-order valence-corrected chi connectivity index (χ2v) is 4.30. The van der Waals surface area contributed by atoms with Crippen LogP contribution in [0.15, 0.2) is 48.5 Å². The van der Waals surface area contributed by atoms with Crippen molar-refractivity contribution in [2.75, 3.05) is 7.11 Å². The Morgan fingerprint density at radius 2 is 1.75 bits per heavy atom. The molecule has 0 amide bonds. The fraction of sp³-hybridized carbons (Fsp3) is 0.125. The van der Waals surface area contributed by atoms with E-state index in [2.05, 4.69) is 0 Å². The van der Waals surface area contributed by atoms with E-state index in [1.807, 2.05) is 30.3 Å². The molecule has 2 rings (SSSR count). The van der Waals surface area contributed by atoms with Crippen molar-refractivity contribution in [2.24, 2.45) is 0 Å². The fourth-order valence-electron chi connectivity index (χ4n) is 1.90. The van der Waals surface area contributed by atoms with Crippen molar-refractivity contribution in [2.45, 2.75) is 6.42 Å². The lowest BCUT2D eigenvalue weighted by Crippen LogP contribution is -2.06. The minimum Gasteiger partial charge on any atom is -0.497 e. The third-order valence-electron chi connectivity index (χ3n) is 2.92. The minimum absolute atomic E-state index is 0.395. The van der Waals surface area contributed by atoms with E-state index in [9.17, 15) is 9.59 Å². The highest BCUT2D eigenvalue weighted by Gasteiger charge is 2.11. The van der Waals surface area contributed by atoms with Gasteiger partial charge in [0.2, 0.25) is 0 Å². The number of aliphatic carboxylic acids is 1. The van der Waals surface area contributed by atoms with Crippen LogP contribution in [0.2, 0.25) is 0 Å². The van der Waals surface area contributed by atoms with Gasteiger partial charge in [-0.25, -0.2) is 0 Å². The molecule has 0 fully saturated rings. The summed E-state index contributed by atoms with van der Waals surface area (Å²) >= 11 is 0. The van der Waals surface area contributed by atoms with Crippen LogP contribution >= 0.6 is 0 Å². The van der Waals surface area contributed by atoms with Gasteiger partial charge in [-0.15, -0.1) is 0 Å². The van der Waals surface area contributed by atoms with Gasteiger partial charge >= 0.3 is 5.97 Å². The number of rotatable bonds is 5. The van der Waals surface area contributed by atoms with Gasteiger partial charge < -0.3 is 9.84 Å². The van der Waals surface area contributed by atoms with Crippen molar-refractivity contribution >= 4 is 11.8 Å². The van der Waals surface area contributed by atoms with E-state index in [0.717, 1.165) is 16.9 Å². The van der Waals surface area contributed by atoms with Gasteiger partial charge in [0.25, 0.3) is 0 Å². The quantitative estimate of drug-likeness (QED) is 0.670. The Balaban J connectivity index is 2.28. The van der Waals surface area contributed by atoms with Gasteiger partial charge in [0.15, 0.2) is 5.78 Å². The van der Waals surface area contributed by atoms with E-state index < -0.39 is 18.2 Å². The zero-order valence-corrected chi connectivity index (χ0v) is 11.0. The smallest absolute Gasteiger partial charge is 0.311 e. The summed E-state index contributed by atoms with van der Waals surface area (Å²) in [7, 11) is 1.60. The summed E-state index contributed by atoms with van der Waals surface area (Å²) in [5.74, 6) is -0.760. The molecule has 0 bridgehead atoms. The van der Waals surface area contributed by atoms with Gasteiger partial charge in [0, 0.05) is 5.56 Å². The Kier molecular flexibility index (Phi) is 4.15. The lowest BCUT2D eigenvalue weighted by molar-refractivity contribution is -0.135. The molecule has 2 aromatic rings. The van der Waals surface area contributed by atoms with Gasteiger partial charge in [-0.3, -0.25) is 9.59 Å². The van der Waals surface area contributed by atoms with Gasteiger partial charge in [0.1, 0.15) is 12.2 Å². The average molecular weight is 270 g/mol. The maximum absolute atomic E-state index is 11.7. The highest BCUT2D eigenvalue weighted by Crippen LogP contribution is 2.23.